The lowest BCUT2D eigenvalue weighted by Crippen LogP contribution is -2.26. The molecule has 2 heteroatoms. The van der Waals surface area contributed by atoms with Crippen LogP contribution < -0.4 is 0 Å². The SMILES string of the molecule is CC1CCCN(CC=O)CC1. The Bertz CT molecular complexity index is 125. The van der Waals surface area contributed by atoms with Crippen molar-refractivity contribution in [3.8, 4) is 0 Å². The van der Waals surface area contributed by atoms with E-state index in [-0.39, 0.29) is 0 Å². The fourth-order valence-corrected chi connectivity index (χ4v) is 1.61. The van der Waals surface area contributed by atoms with Gasteiger partial charge < -0.3 is 4.79 Å². The predicted molar refractivity (Wildman–Crippen MR) is 45.5 cm³/mol. The number of likely N-dealkylation sites (tertiary alicyclic amines) is 1. The largest absolute Gasteiger partial charge is 0.302 e. The Morgan fingerprint density at radius 2 is 2.27 bits per heavy atom. The van der Waals surface area contributed by atoms with Gasteiger partial charge >= 0.3 is 0 Å². The second-order valence-electron chi connectivity index (χ2n) is 3.50. The fraction of sp³-hybridized carbons (Fsp3) is 0.889. The highest BCUT2D eigenvalue weighted by Crippen LogP contribution is 2.15. The van der Waals surface area contributed by atoms with E-state index in [1.165, 1.54) is 19.3 Å². The van der Waals surface area contributed by atoms with E-state index in [0.717, 1.165) is 25.3 Å². The molecule has 0 aromatic rings. The number of hydrogen-bond donors (Lipinski definition) is 0. The zero-order valence-electron chi connectivity index (χ0n) is 7.25. The maximum atomic E-state index is 10.2. The Kier molecular flexibility index (Phi) is 3.57. The van der Waals surface area contributed by atoms with Crippen LogP contribution in [0.4, 0.5) is 0 Å². The molecule has 1 aliphatic heterocycles. The van der Waals surface area contributed by atoms with E-state index in [4.69, 9.17) is 0 Å². The van der Waals surface area contributed by atoms with E-state index >= 15 is 0 Å². The topological polar surface area (TPSA) is 20.3 Å². The number of hydrogen-bond acceptors (Lipinski definition) is 2. The lowest BCUT2D eigenvalue weighted by Gasteiger charge is -2.15. The summed E-state index contributed by atoms with van der Waals surface area (Å²) in [7, 11) is 0. The van der Waals surface area contributed by atoms with Crippen LogP contribution in [0.2, 0.25) is 0 Å². The smallest absolute Gasteiger partial charge is 0.133 e. The van der Waals surface area contributed by atoms with E-state index < -0.39 is 0 Å². The molecule has 0 aliphatic carbocycles. The summed E-state index contributed by atoms with van der Waals surface area (Å²) >= 11 is 0. The van der Waals surface area contributed by atoms with Crippen molar-refractivity contribution in [1.29, 1.82) is 0 Å². The summed E-state index contributed by atoms with van der Waals surface area (Å²) in [6.07, 6.45) is 4.86. The van der Waals surface area contributed by atoms with Crippen LogP contribution in [0.3, 0.4) is 0 Å². The van der Waals surface area contributed by atoms with E-state index in [1.807, 2.05) is 0 Å². The Balaban J connectivity index is 2.27. The van der Waals surface area contributed by atoms with Crippen molar-refractivity contribution in [3.63, 3.8) is 0 Å². The maximum absolute atomic E-state index is 10.2. The average Bonchev–Trinajstić information content (AvgIpc) is 2.17. The maximum Gasteiger partial charge on any atom is 0.133 e. The number of rotatable bonds is 2. The Morgan fingerprint density at radius 1 is 1.45 bits per heavy atom. The molecule has 0 bridgehead atoms. The third kappa shape index (κ3) is 3.02. The molecule has 0 N–H and O–H groups in total. The van der Waals surface area contributed by atoms with Crippen molar-refractivity contribution >= 4 is 6.29 Å². The molecule has 0 spiro atoms. The monoisotopic (exact) mass is 155 g/mol. The molecule has 0 saturated carbocycles. The molecule has 1 aliphatic rings. The van der Waals surface area contributed by atoms with Gasteiger partial charge in [-0.25, -0.2) is 0 Å². The van der Waals surface area contributed by atoms with Crippen molar-refractivity contribution in [2.75, 3.05) is 19.6 Å². The summed E-state index contributed by atoms with van der Waals surface area (Å²) in [6, 6.07) is 0. The van der Waals surface area contributed by atoms with Gasteiger partial charge in [-0.05, 0) is 38.3 Å². The number of nitrogens with zero attached hydrogens (tertiary/aromatic N) is 1. The van der Waals surface area contributed by atoms with Crippen molar-refractivity contribution in [2.45, 2.75) is 26.2 Å². The highest BCUT2D eigenvalue weighted by molar-refractivity contribution is 5.51. The molecule has 0 aromatic heterocycles. The second-order valence-corrected chi connectivity index (χ2v) is 3.50. The number of carbonyl (C=O) groups excluding carboxylic acids is 1. The summed E-state index contributed by atoms with van der Waals surface area (Å²) < 4.78 is 0. The summed E-state index contributed by atoms with van der Waals surface area (Å²) in [5, 5.41) is 0. The molecule has 1 atom stereocenters. The van der Waals surface area contributed by atoms with Crippen LogP contribution in [-0.4, -0.2) is 30.8 Å². The van der Waals surface area contributed by atoms with E-state index in [1.54, 1.807) is 0 Å². The van der Waals surface area contributed by atoms with Crippen molar-refractivity contribution in [3.05, 3.63) is 0 Å². The minimum Gasteiger partial charge on any atom is -0.302 e. The molecule has 64 valence electrons. The lowest BCUT2D eigenvalue weighted by atomic mass is 10.0. The van der Waals surface area contributed by atoms with Gasteiger partial charge in [-0.15, -0.1) is 0 Å². The summed E-state index contributed by atoms with van der Waals surface area (Å²) in [4.78, 5) is 12.5. The lowest BCUT2D eigenvalue weighted by molar-refractivity contribution is -0.108. The molecule has 0 radical (unpaired) electrons. The predicted octanol–water partition coefficient (Wildman–Crippen LogP) is 1.31. The Hall–Kier alpha value is -0.370. The minimum atomic E-state index is 0.632. The number of carbonyl (C=O) groups is 1. The number of aldehydes is 1. The van der Waals surface area contributed by atoms with Gasteiger partial charge in [-0.1, -0.05) is 6.92 Å². The summed E-state index contributed by atoms with van der Waals surface area (Å²) in [6.45, 7) is 5.15. The molecular formula is C9H17NO. The van der Waals surface area contributed by atoms with Gasteiger partial charge in [0, 0.05) is 0 Å². The molecule has 1 unspecified atom stereocenters. The zero-order chi connectivity index (χ0) is 8.10. The Labute approximate surface area is 68.6 Å². The Morgan fingerprint density at radius 3 is 3.00 bits per heavy atom. The third-order valence-electron chi connectivity index (χ3n) is 2.44. The first-order valence-corrected chi connectivity index (χ1v) is 4.49. The van der Waals surface area contributed by atoms with Gasteiger partial charge in [0.1, 0.15) is 6.29 Å². The van der Waals surface area contributed by atoms with Crippen LogP contribution >= 0.6 is 0 Å². The van der Waals surface area contributed by atoms with Gasteiger partial charge in [0.15, 0.2) is 0 Å². The van der Waals surface area contributed by atoms with Crippen molar-refractivity contribution < 1.29 is 4.79 Å². The molecule has 1 fully saturated rings. The van der Waals surface area contributed by atoms with E-state index in [0.29, 0.717) is 6.54 Å². The van der Waals surface area contributed by atoms with Crippen LogP contribution in [0.5, 0.6) is 0 Å². The van der Waals surface area contributed by atoms with Crippen molar-refractivity contribution in [1.82, 2.24) is 4.90 Å². The molecule has 1 saturated heterocycles. The quantitative estimate of drug-likeness (QED) is 0.560. The van der Waals surface area contributed by atoms with Crippen molar-refractivity contribution in [2.24, 2.45) is 5.92 Å². The molecule has 0 aromatic carbocycles. The highest BCUT2D eigenvalue weighted by atomic mass is 16.1. The first kappa shape index (κ1) is 8.72. The molecular weight excluding hydrogens is 138 g/mol. The van der Waals surface area contributed by atoms with Gasteiger partial charge in [-0.3, -0.25) is 4.90 Å². The highest BCUT2D eigenvalue weighted by Gasteiger charge is 2.12. The first-order valence-electron chi connectivity index (χ1n) is 4.49. The van der Waals surface area contributed by atoms with Crippen LogP contribution in [0, 0.1) is 5.92 Å². The molecule has 0 amide bonds. The fourth-order valence-electron chi connectivity index (χ4n) is 1.61. The molecule has 11 heavy (non-hydrogen) atoms. The summed E-state index contributed by atoms with van der Waals surface area (Å²) in [5.74, 6) is 0.853. The third-order valence-corrected chi connectivity index (χ3v) is 2.44. The molecule has 1 heterocycles. The van der Waals surface area contributed by atoms with Crippen LogP contribution in [-0.2, 0) is 4.79 Å². The van der Waals surface area contributed by atoms with Gasteiger partial charge in [0.2, 0.25) is 0 Å². The minimum absolute atomic E-state index is 0.632. The van der Waals surface area contributed by atoms with Crippen LogP contribution in [0.15, 0.2) is 0 Å². The van der Waals surface area contributed by atoms with Gasteiger partial charge in [0.25, 0.3) is 0 Å². The summed E-state index contributed by atoms with van der Waals surface area (Å²) in [5.41, 5.74) is 0. The van der Waals surface area contributed by atoms with E-state index in [9.17, 15) is 4.79 Å². The average molecular weight is 155 g/mol. The van der Waals surface area contributed by atoms with Gasteiger partial charge in [0.05, 0.1) is 6.54 Å². The first-order chi connectivity index (χ1) is 5.33. The second kappa shape index (κ2) is 4.50. The van der Waals surface area contributed by atoms with Crippen LogP contribution in [0.25, 0.3) is 0 Å². The zero-order valence-corrected chi connectivity index (χ0v) is 7.25. The standard InChI is InChI=1S/C9H17NO/c1-9-3-2-5-10(6-4-9)7-8-11/h8-9H,2-7H2,1H3. The van der Waals surface area contributed by atoms with Gasteiger partial charge in [-0.2, -0.15) is 0 Å². The molecule has 1 rings (SSSR count). The van der Waals surface area contributed by atoms with E-state index in [2.05, 4.69) is 11.8 Å². The normalized spacial score (nSPS) is 27.9. The molecule has 2 nitrogen and oxygen atoms in total. The van der Waals surface area contributed by atoms with Crippen LogP contribution in [0.1, 0.15) is 26.2 Å².